The molecule has 0 radical (unpaired) electrons. The van der Waals surface area contributed by atoms with Gasteiger partial charge in [-0.15, -0.1) is 22.7 Å². The summed E-state index contributed by atoms with van der Waals surface area (Å²) in [7, 11) is 0. The molecule has 174 valence electrons. The first kappa shape index (κ1) is 24.6. The first-order chi connectivity index (χ1) is 15.8. The number of nitrogens with zero attached hydrogens (tertiary/aromatic N) is 1. The molecule has 0 saturated heterocycles. The Morgan fingerprint density at radius 2 is 1.79 bits per heavy atom. The van der Waals surface area contributed by atoms with Crippen molar-refractivity contribution < 1.29 is 19.1 Å². The van der Waals surface area contributed by atoms with Crippen molar-refractivity contribution in [3.05, 3.63) is 68.9 Å². The lowest BCUT2D eigenvalue weighted by Crippen LogP contribution is -2.32. The summed E-state index contributed by atoms with van der Waals surface area (Å²) in [6.45, 7) is 5.55. The topological polar surface area (TPSA) is 97.4 Å². The number of benzene rings is 1. The molecular weight excluding hydrogens is 458 g/mol. The number of thiazole rings is 1. The van der Waals surface area contributed by atoms with E-state index in [-0.39, 0.29) is 43.2 Å². The van der Waals surface area contributed by atoms with Crippen LogP contribution in [-0.2, 0) is 32.0 Å². The van der Waals surface area contributed by atoms with E-state index < -0.39 is 6.04 Å². The zero-order valence-electron chi connectivity index (χ0n) is 18.8. The van der Waals surface area contributed by atoms with E-state index in [2.05, 4.69) is 15.6 Å². The normalized spacial score (nSPS) is 11.8. The van der Waals surface area contributed by atoms with Crippen LogP contribution >= 0.6 is 22.7 Å². The lowest BCUT2D eigenvalue weighted by atomic mass is 10.0. The van der Waals surface area contributed by atoms with Crippen molar-refractivity contribution in [1.29, 1.82) is 0 Å². The fourth-order valence-electron chi connectivity index (χ4n) is 3.12. The van der Waals surface area contributed by atoms with E-state index in [0.29, 0.717) is 10.8 Å². The number of hydrogen-bond acceptors (Lipinski definition) is 7. The number of rotatable bonds is 10. The average Bonchev–Trinajstić information content (AvgIpc) is 3.39. The number of hydrogen-bond donors (Lipinski definition) is 2. The molecule has 1 aromatic carbocycles. The molecule has 1 unspecified atom stereocenters. The highest BCUT2D eigenvalue weighted by molar-refractivity contribution is 7.14. The van der Waals surface area contributed by atoms with Gasteiger partial charge in [0, 0.05) is 10.3 Å². The predicted octanol–water partition coefficient (Wildman–Crippen LogP) is 4.44. The maximum absolute atomic E-state index is 12.7. The minimum absolute atomic E-state index is 0.0358. The summed E-state index contributed by atoms with van der Waals surface area (Å²) < 4.78 is 5.26. The molecule has 0 aliphatic rings. The number of thiophene rings is 1. The Labute approximate surface area is 201 Å². The Hall–Kier alpha value is -3.04. The molecule has 0 aliphatic carbocycles. The Morgan fingerprint density at radius 3 is 2.45 bits per heavy atom. The van der Waals surface area contributed by atoms with Crippen molar-refractivity contribution in [3.8, 4) is 0 Å². The zero-order valence-corrected chi connectivity index (χ0v) is 20.4. The standard InChI is InChI=1S/C24H27N3O4S2/c1-15(2)31-23(30)13-20(17-8-6-16(3)7-9-17)26-21(28)11-18-14-33-24(25-18)27-22(29)12-19-5-4-10-32-19/h4-10,14-15,20H,11-13H2,1-3H3,(H,26,28)(H,25,27,29). The van der Waals surface area contributed by atoms with Crippen molar-refractivity contribution >= 4 is 45.6 Å². The highest BCUT2D eigenvalue weighted by Gasteiger charge is 2.21. The van der Waals surface area contributed by atoms with Crippen molar-refractivity contribution in [2.24, 2.45) is 0 Å². The molecule has 0 bridgehead atoms. The number of anilines is 1. The number of aromatic nitrogens is 1. The first-order valence-electron chi connectivity index (χ1n) is 10.6. The van der Waals surface area contributed by atoms with E-state index in [0.717, 1.165) is 16.0 Å². The van der Waals surface area contributed by atoms with E-state index in [4.69, 9.17) is 4.74 Å². The molecule has 1 atom stereocenters. The van der Waals surface area contributed by atoms with Gasteiger partial charge in [0.25, 0.3) is 0 Å². The minimum Gasteiger partial charge on any atom is -0.463 e. The summed E-state index contributed by atoms with van der Waals surface area (Å²) in [5, 5.41) is 9.82. The fraction of sp³-hybridized carbons (Fsp3) is 0.333. The summed E-state index contributed by atoms with van der Waals surface area (Å²) in [6, 6.07) is 11.0. The number of aryl methyl sites for hydroxylation is 1. The highest BCUT2D eigenvalue weighted by atomic mass is 32.1. The Morgan fingerprint density at radius 1 is 1.03 bits per heavy atom. The molecule has 3 aromatic rings. The predicted molar refractivity (Wildman–Crippen MR) is 130 cm³/mol. The smallest absolute Gasteiger partial charge is 0.308 e. The molecule has 7 nitrogen and oxygen atoms in total. The third-order valence-corrected chi connectivity index (χ3v) is 6.29. The number of nitrogens with one attached hydrogen (secondary N) is 2. The lowest BCUT2D eigenvalue weighted by molar-refractivity contribution is -0.148. The SMILES string of the molecule is Cc1ccc(C(CC(=O)OC(C)C)NC(=O)Cc2csc(NC(=O)Cc3cccs3)n2)cc1. The number of amides is 2. The number of carbonyl (C=O) groups excluding carboxylic acids is 3. The van der Waals surface area contributed by atoms with Gasteiger partial charge in [0.2, 0.25) is 11.8 Å². The number of ether oxygens (including phenoxy) is 1. The summed E-state index contributed by atoms with van der Waals surface area (Å²) in [4.78, 5) is 42.4. The molecule has 33 heavy (non-hydrogen) atoms. The Balaban J connectivity index is 1.59. The summed E-state index contributed by atoms with van der Waals surface area (Å²) in [5.41, 5.74) is 2.47. The van der Waals surface area contributed by atoms with Crippen LogP contribution in [0.5, 0.6) is 0 Å². The van der Waals surface area contributed by atoms with Crippen LogP contribution in [0.4, 0.5) is 5.13 Å². The largest absolute Gasteiger partial charge is 0.463 e. The van der Waals surface area contributed by atoms with Gasteiger partial charge in [-0.3, -0.25) is 14.4 Å². The van der Waals surface area contributed by atoms with Crippen LogP contribution in [0.1, 0.15) is 48.0 Å². The maximum atomic E-state index is 12.7. The number of carbonyl (C=O) groups is 3. The van der Waals surface area contributed by atoms with Crippen LogP contribution in [0, 0.1) is 6.92 Å². The van der Waals surface area contributed by atoms with Gasteiger partial charge in [-0.1, -0.05) is 35.9 Å². The minimum atomic E-state index is -0.507. The van der Waals surface area contributed by atoms with Crippen molar-refractivity contribution in [2.75, 3.05) is 5.32 Å². The van der Waals surface area contributed by atoms with Gasteiger partial charge in [0.1, 0.15) is 0 Å². The molecular formula is C24H27N3O4S2. The summed E-state index contributed by atoms with van der Waals surface area (Å²) in [6.07, 6.45) is 0.139. The van der Waals surface area contributed by atoms with E-state index >= 15 is 0 Å². The van der Waals surface area contributed by atoms with Crippen LogP contribution < -0.4 is 10.6 Å². The van der Waals surface area contributed by atoms with Crippen LogP contribution in [0.2, 0.25) is 0 Å². The van der Waals surface area contributed by atoms with Gasteiger partial charge in [-0.25, -0.2) is 4.98 Å². The van der Waals surface area contributed by atoms with E-state index in [1.165, 1.54) is 22.7 Å². The fourth-order valence-corrected chi connectivity index (χ4v) is 4.55. The first-order valence-corrected chi connectivity index (χ1v) is 12.4. The average molecular weight is 486 g/mol. The van der Waals surface area contributed by atoms with Crippen molar-refractivity contribution in [3.63, 3.8) is 0 Å². The number of esters is 1. The monoisotopic (exact) mass is 485 g/mol. The van der Waals surface area contributed by atoms with E-state index in [9.17, 15) is 14.4 Å². The van der Waals surface area contributed by atoms with Crippen LogP contribution in [0.25, 0.3) is 0 Å². The highest BCUT2D eigenvalue weighted by Crippen LogP contribution is 2.21. The Bertz CT molecular complexity index is 1080. The summed E-state index contributed by atoms with van der Waals surface area (Å²) >= 11 is 2.80. The van der Waals surface area contributed by atoms with Gasteiger partial charge < -0.3 is 15.4 Å². The molecule has 0 saturated carbocycles. The van der Waals surface area contributed by atoms with E-state index in [1.54, 1.807) is 19.2 Å². The molecule has 0 spiro atoms. The van der Waals surface area contributed by atoms with Crippen LogP contribution in [-0.4, -0.2) is 28.9 Å². The second kappa shape index (κ2) is 11.7. The second-order valence-corrected chi connectivity index (χ2v) is 9.79. The zero-order chi connectivity index (χ0) is 23.8. The molecule has 2 amide bonds. The third kappa shape index (κ3) is 8.11. The van der Waals surface area contributed by atoms with Crippen LogP contribution in [0.3, 0.4) is 0 Å². The Kier molecular flexibility index (Phi) is 8.73. The molecule has 2 aromatic heterocycles. The molecule has 0 fully saturated rings. The van der Waals surface area contributed by atoms with Crippen molar-refractivity contribution in [1.82, 2.24) is 10.3 Å². The maximum Gasteiger partial charge on any atom is 0.308 e. The van der Waals surface area contributed by atoms with Crippen LogP contribution in [0.15, 0.2) is 47.2 Å². The van der Waals surface area contributed by atoms with Crippen molar-refractivity contribution in [2.45, 2.75) is 52.2 Å². The van der Waals surface area contributed by atoms with Gasteiger partial charge in [0.15, 0.2) is 5.13 Å². The molecule has 3 rings (SSSR count). The molecule has 2 heterocycles. The molecule has 0 aliphatic heterocycles. The quantitative estimate of drug-likeness (QED) is 0.414. The molecule has 2 N–H and O–H groups in total. The lowest BCUT2D eigenvalue weighted by Gasteiger charge is -2.19. The molecule has 9 heteroatoms. The third-order valence-electron chi connectivity index (χ3n) is 4.61. The second-order valence-electron chi connectivity index (χ2n) is 7.90. The van der Waals surface area contributed by atoms with Gasteiger partial charge in [-0.2, -0.15) is 0 Å². The van der Waals surface area contributed by atoms with Gasteiger partial charge >= 0.3 is 5.97 Å². The van der Waals surface area contributed by atoms with Gasteiger partial charge in [0.05, 0.1) is 37.1 Å². The van der Waals surface area contributed by atoms with E-state index in [1.807, 2.05) is 48.7 Å². The van der Waals surface area contributed by atoms with Gasteiger partial charge in [-0.05, 0) is 37.8 Å². The summed E-state index contributed by atoms with van der Waals surface area (Å²) in [5.74, 6) is -0.786.